The summed E-state index contributed by atoms with van der Waals surface area (Å²) in [6.45, 7) is 2.74. The third-order valence-corrected chi connectivity index (χ3v) is 5.97. The number of hydrogen-bond donors (Lipinski definition) is 1. The van der Waals surface area contributed by atoms with Crippen LogP contribution in [0.25, 0.3) is 33.1 Å². The lowest BCUT2D eigenvalue weighted by atomic mass is 10.0. The summed E-state index contributed by atoms with van der Waals surface area (Å²) in [5, 5.41) is 0.952. The van der Waals surface area contributed by atoms with Crippen molar-refractivity contribution in [2.75, 3.05) is 46.7 Å². The Hall–Kier alpha value is -3.32. The lowest BCUT2D eigenvalue weighted by Gasteiger charge is -2.27. The molecule has 1 aliphatic heterocycles. The highest BCUT2D eigenvalue weighted by Crippen LogP contribution is 2.31. The van der Waals surface area contributed by atoms with Gasteiger partial charge in [-0.2, -0.15) is 8.42 Å². The average Bonchev–Trinajstić information content (AvgIpc) is 3.05. The minimum absolute atomic E-state index is 0.0366. The monoisotopic (exact) mass is 529 g/mol. The quantitative estimate of drug-likeness (QED) is 0.283. The molecule has 1 aliphatic rings. The number of ether oxygens (including phenoxy) is 2. The van der Waals surface area contributed by atoms with Gasteiger partial charge in [0.15, 0.2) is 0 Å². The predicted octanol–water partition coefficient (Wildman–Crippen LogP) is 2.36. The number of aromatic nitrogens is 4. The molecule has 0 radical (unpaired) electrons. The van der Waals surface area contributed by atoms with Crippen molar-refractivity contribution in [2.45, 2.75) is 12.5 Å². The summed E-state index contributed by atoms with van der Waals surface area (Å²) in [4.78, 5) is 24.1. The smallest absolute Gasteiger partial charge is 0.329 e. The van der Waals surface area contributed by atoms with Crippen LogP contribution in [0.1, 0.15) is 12.5 Å². The van der Waals surface area contributed by atoms with Gasteiger partial charge in [0.05, 0.1) is 54.9 Å². The first-order valence-corrected chi connectivity index (χ1v) is 13.6. The summed E-state index contributed by atoms with van der Waals surface area (Å²) >= 11 is 0. The molecule has 5 rings (SSSR count). The Bertz CT molecular complexity index is 1550. The zero-order valence-corrected chi connectivity index (χ0v) is 22.1. The molecule has 0 atom stereocenters. The van der Waals surface area contributed by atoms with E-state index in [1.54, 1.807) is 17.8 Å². The fourth-order valence-electron chi connectivity index (χ4n) is 4.11. The second-order valence-corrected chi connectivity index (χ2v) is 10.7. The van der Waals surface area contributed by atoms with Crippen LogP contribution in [0, 0.1) is 0 Å². The van der Waals surface area contributed by atoms with Crippen molar-refractivity contribution < 1.29 is 22.4 Å². The topological polar surface area (TPSA) is 129 Å². The summed E-state index contributed by atoms with van der Waals surface area (Å²) in [7, 11) is 2.22. The van der Waals surface area contributed by atoms with Crippen molar-refractivity contribution >= 4 is 32.1 Å². The second kappa shape index (κ2) is 11.0. The molecule has 1 saturated heterocycles. The molecule has 0 spiro atoms. The van der Waals surface area contributed by atoms with Crippen LogP contribution >= 0.6 is 0 Å². The standard InChI is InChI=1S/C24H27N5O3.CH4O3S/c1-27(2)9-4-10-32-22-8-6-17(12-26-22)16-5-7-20-19(11-16)23-21(13-25-20)28(3)24(30)29(23)18-14-31-15-18;1-5(2,3)4/h5-8,11-13,18H,4,9-10,14-15H2,1-3H3;1H3,(H,2,3,4). The maximum absolute atomic E-state index is 12.9. The minimum atomic E-state index is -3.67. The number of rotatable bonds is 7. The third-order valence-electron chi connectivity index (χ3n) is 5.97. The van der Waals surface area contributed by atoms with E-state index in [1.165, 1.54) is 0 Å². The highest BCUT2D eigenvalue weighted by atomic mass is 32.2. The first-order valence-electron chi connectivity index (χ1n) is 11.8. The Morgan fingerprint density at radius 2 is 1.84 bits per heavy atom. The molecule has 0 aliphatic carbocycles. The lowest BCUT2D eigenvalue weighted by molar-refractivity contribution is -0.0230. The van der Waals surface area contributed by atoms with Crippen molar-refractivity contribution in [1.82, 2.24) is 24.0 Å². The van der Waals surface area contributed by atoms with Gasteiger partial charge >= 0.3 is 5.69 Å². The molecule has 0 unspecified atom stereocenters. The summed E-state index contributed by atoms with van der Waals surface area (Å²) in [6.07, 6.45) is 5.27. The fraction of sp³-hybridized carbons (Fsp3) is 0.400. The summed E-state index contributed by atoms with van der Waals surface area (Å²) in [5.41, 5.74) is 4.56. The second-order valence-electron chi connectivity index (χ2n) is 9.25. The number of hydrogen-bond acceptors (Lipinski definition) is 8. The molecular weight excluding hydrogens is 498 g/mol. The minimum Gasteiger partial charge on any atom is -0.478 e. The number of aryl methyl sites for hydroxylation is 1. The van der Waals surface area contributed by atoms with Crippen LogP contribution in [0.5, 0.6) is 5.88 Å². The van der Waals surface area contributed by atoms with E-state index in [0.29, 0.717) is 32.0 Å². The van der Waals surface area contributed by atoms with Crippen LogP contribution in [0.4, 0.5) is 0 Å². The van der Waals surface area contributed by atoms with E-state index in [9.17, 15) is 13.2 Å². The van der Waals surface area contributed by atoms with Crippen LogP contribution in [0.15, 0.2) is 47.5 Å². The molecule has 1 fully saturated rings. The van der Waals surface area contributed by atoms with Crippen molar-refractivity contribution in [3.63, 3.8) is 0 Å². The van der Waals surface area contributed by atoms with E-state index in [0.717, 1.165) is 46.0 Å². The van der Waals surface area contributed by atoms with Crippen LogP contribution in [0.2, 0.25) is 0 Å². The molecule has 37 heavy (non-hydrogen) atoms. The van der Waals surface area contributed by atoms with Gasteiger partial charge < -0.3 is 14.4 Å². The zero-order chi connectivity index (χ0) is 26.7. The van der Waals surface area contributed by atoms with Gasteiger partial charge in [-0.3, -0.25) is 18.7 Å². The first kappa shape index (κ1) is 26.7. The van der Waals surface area contributed by atoms with Gasteiger partial charge in [0.25, 0.3) is 10.1 Å². The zero-order valence-electron chi connectivity index (χ0n) is 21.3. The SMILES string of the molecule is CN(C)CCCOc1ccc(-c2ccc3ncc4c(c3c2)n(C2COC2)c(=O)n4C)cn1.CS(=O)(=O)O. The predicted molar refractivity (Wildman–Crippen MR) is 142 cm³/mol. The Kier molecular flexibility index (Phi) is 7.93. The van der Waals surface area contributed by atoms with E-state index >= 15 is 0 Å². The van der Waals surface area contributed by atoms with Crippen molar-refractivity contribution in [3.8, 4) is 17.0 Å². The van der Waals surface area contributed by atoms with E-state index < -0.39 is 10.1 Å². The highest BCUT2D eigenvalue weighted by molar-refractivity contribution is 7.85. The molecule has 0 amide bonds. The van der Waals surface area contributed by atoms with Crippen LogP contribution < -0.4 is 10.4 Å². The summed E-state index contributed by atoms with van der Waals surface area (Å²) < 4.78 is 40.5. The number of benzene rings is 1. The van der Waals surface area contributed by atoms with Gasteiger partial charge in [-0.25, -0.2) is 9.78 Å². The van der Waals surface area contributed by atoms with Gasteiger partial charge in [0, 0.05) is 36.8 Å². The Labute approximate surface area is 215 Å². The van der Waals surface area contributed by atoms with Crippen molar-refractivity contribution in [1.29, 1.82) is 0 Å². The van der Waals surface area contributed by atoms with Gasteiger partial charge in [-0.1, -0.05) is 6.07 Å². The lowest BCUT2D eigenvalue weighted by Crippen LogP contribution is -2.37. The van der Waals surface area contributed by atoms with Crippen LogP contribution in [0.3, 0.4) is 0 Å². The summed E-state index contributed by atoms with van der Waals surface area (Å²) in [6, 6.07) is 10.1. The maximum atomic E-state index is 12.9. The maximum Gasteiger partial charge on any atom is 0.329 e. The fourth-order valence-corrected chi connectivity index (χ4v) is 4.11. The average molecular weight is 530 g/mol. The molecule has 198 valence electrons. The van der Waals surface area contributed by atoms with Crippen molar-refractivity contribution in [3.05, 3.63) is 53.2 Å². The Balaban J connectivity index is 0.000000586. The molecule has 1 N–H and O–H groups in total. The first-order chi connectivity index (χ1) is 17.5. The summed E-state index contributed by atoms with van der Waals surface area (Å²) in [5.74, 6) is 0.624. The van der Waals surface area contributed by atoms with Crippen molar-refractivity contribution in [2.24, 2.45) is 7.05 Å². The van der Waals surface area contributed by atoms with Gasteiger partial charge in [0.2, 0.25) is 5.88 Å². The molecule has 1 aromatic carbocycles. The van der Waals surface area contributed by atoms with Crippen LogP contribution in [-0.2, 0) is 21.9 Å². The van der Waals surface area contributed by atoms with E-state index in [-0.39, 0.29) is 11.7 Å². The van der Waals surface area contributed by atoms with Gasteiger partial charge in [0.1, 0.15) is 0 Å². The molecule has 3 aromatic heterocycles. The van der Waals surface area contributed by atoms with E-state index in [2.05, 4.69) is 35.0 Å². The molecule has 12 heteroatoms. The van der Waals surface area contributed by atoms with Gasteiger partial charge in [-0.05, 0) is 44.3 Å². The number of nitrogens with zero attached hydrogens (tertiary/aromatic N) is 5. The third kappa shape index (κ3) is 6.34. The molecule has 11 nitrogen and oxygen atoms in total. The largest absolute Gasteiger partial charge is 0.478 e. The molecule has 0 saturated carbocycles. The normalized spacial score (nSPS) is 14.0. The number of fused-ring (bicyclic) bond motifs is 3. The Morgan fingerprint density at radius 1 is 1.14 bits per heavy atom. The Morgan fingerprint density at radius 3 is 2.43 bits per heavy atom. The molecule has 4 heterocycles. The molecular formula is C25H31N5O6S. The molecule has 0 bridgehead atoms. The van der Waals surface area contributed by atoms with Crippen LogP contribution in [-0.4, -0.2) is 83.7 Å². The highest BCUT2D eigenvalue weighted by Gasteiger charge is 2.27. The number of imidazole rings is 1. The van der Waals surface area contributed by atoms with Gasteiger partial charge in [-0.15, -0.1) is 0 Å². The van der Waals surface area contributed by atoms with E-state index in [4.69, 9.17) is 14.0 Å². The molecule has 4 aromatic rings. The number of pyridine rings is 2. The van der Waals surface area contributed by atoms with E-state index in [1.807, 2.05) is 35.0 Å².